The fraction of sp³-hybridized carbons (Fsp3) is 0.333. The average molecular weight is 282 g/mol. The van der Waals surface area contributed by atoms with Gasteiger partial charge in [-0.1, -0.05) is 13.8 Å². The second-order valence-electron chi connectivity index (χ2n) is 2.94. The maximum Gasteiger partial charge on any atom is 0.130 e. The van der Waals surface area contributed by atoms with Crippen LogP contribution in [0.2, 0.25) is 0 Å². The van der Waals surface area contributed by atoms with Crippen LogP contribution in [-0.4, -0.2) is 0 Å². The van der Waals surface area contributed by atoms with Gasteiger partial charge in [-0.25, -0.2) is 8.78 Å². The van der Waals surface area contributed by atoms with Crippen molar-refractivity contribution in [1.29, 1.82) is 0 Å². The molecule has 0 aliphatic rings. The topological polar surface area (TPSA) is 0 Å². The van der Waals surface area contributed by atoms with Crippen molar-refractivity contribution in [2.45, 2.75) is 19.8 Å². The molecule has 12 heavy (non-hydrogen) atoms. The molecule has 0 atom stereocenters. The lowest BCUT2D eigenvalue weighted by atomic mass is 10.0. The molecule has 0 fully saturated rings. The van der Waals surface area contributed by atoms with E-state index >= 15 is 0 Å². The van der Waals surface area contributed by atoms with Crippen LogP contribution in [0.4, 0.5) is 8.78 Å². The Bertz CT molecular complexity index is 272. The monoisotopic (exact) mass is 282 g/mol. The molecule has 66 valence electrons. The van der Waals surface area contributed by atoms with E-state index in [2.05, 4.69) is 0 Å². The van der Waals surface area contributed by atoms with Crippen molar-refractivity contribution in [1.82, 2.24) is 0 Å². The summed E-state index contributed by atoms with van der Waals surface area (Å²) in [4.78, 5) is 0. The number of benzene rings is 1. The summed E-state index contributed by atoms with van der Waals surface area (Å²) < 4.78 is 26.4. The molecule has 0 unspecified atom stereocenters. The van der Waals surface area contributed by atoms with Crippen molar-refractivity contribution in [3.63, 3.8) is 0 Å². The molecule has 1 rings (SSSR count). The molecule has 0 radical (unpaired) electrons. The molecular weight excluding hydrogens is 273 g/mol. The number of rotatable bonds is 1. The predicted molar refractivity (Wildman–Crippen MR) is 53.2 cm³/mol. The fourth-order valence-corrected chi connectivity index (χ4v) is 2.28. The second-order valence-corrected chi connectivity index (χ2v) is 4.10. The molecule has 0 heterocycles. The largest absolute Gasteiger partial charge is 0.207 e. The van der Waals surface area contributed by atoms with E-state index in [0.717, 1.165) is 6.07 Å². The maximum absolute atomic E-state index is 13.1. The molecule has 1 aromatic carbocycles. The van der Waals surface area contributed by atoms with Crippen molar-refractivity contribution >= 4 is 22.6 Å². The Morgan fingerprint density at radius 1 is 1.25 bits per heavy atom. The lowest BCUT2D eigenvalue weighted by Crippen LogP contribution is -1.97. The highest BCUT2D eigenvalue weighted by molar-refractivity contribution is 14.1. The molecule has 0 N–H and O–H groups in total. The molecule has 0 amide bonds. The lowest BCUT2D eigenvalue weighted by molar-refractivity contribution is 0.562. The van der Waals surface area contributed by atoms with Gasteiger partial charge in [0.1, 0.15) is 11.6 Å². The Labute approximate surface area is 84.1 Å². The third-order valence-electron chi connectivity index (χ3n) is 1.62. The quantitative estimate of drug-likeness (QED) is 0.689. The zero-order valence-corrected chi connectivity index (χ0v) is 9.02. The summed E-state index contributed by atoms with van der Waals surface area (Å²) in [5, 5.41) is 0. The van der Waals surface area contributed by atoms with Crippen LogP contribution in [0.5, 0.6) is 0 Å². The van der Waals surface area contributed by atoms with Gasteiger partial charge in [-0.05, 0) is 34.6 Å². The summed E-state index contributed by atoms with van der Waals surface area (Å²) >= 11 is 1.95. The Balaban J connectivity index is 3.28. The van der Waals surface area contributed by atoms with Crippen LogP contribution in [0.25, 0.3) is 0 Å². The molecular formula is C9H9F2I. The molecule has 0 aliphatic heterocycles. The summed E-state index contributed by atoms with van der Waals surface area (Å²) in [7, 11) is 0. The standard InChI is InChI=1S/C9H9F2I/c1-5(2)9-7(11)3-6(10)4-8(9)12/h3-5H,1-2H3. The smallest absolute Gasteiger partial charge is 0.130 e. The van der Waals surface area contributed by atoms with Gasteiger partial charge in [-0.3, -0.25) is 0 Å². The Kier molecular flexibility index (Phi) is 3.04. The first-order chi connectivity index (χ1) is 5.52. The summed E-state index contributed by atoms with van der Waals surface area (Å²) in [6, 6.07) is 2.27. The van der Waals surface area contributed by atoms with E-state index < -0.39 is 11.6 Å². The van der Waals surface area contributed by atoms with Gasteiger partial charge in [0, 0.05) is 15.2 Å². The Hall–Kier alpha value is -0.190. The minimum Gasteiger partial charge on any atom is -0.207 e. The van der Waals surface area contributed by atoms with Gasteiger partial charge in [0.05, 0.1) is 0 Å². The maximum atomic E-state index is 13.1. The van der Waals surface area contributed by atoms with Crippen molar-refractivity contribution in [2.24, 2.45) is 0 Å². The van der Waals surface area contributed by atoms with E-state index in [1.165, 1.54) is 6.07 Å². The lowest BCUT2D eigenvalue weighted by Gasteiger charge is -2.09. The van der Waals surface area contributed by atoms with E-state index in [1.54, 1.807) is 0 Å². The molecule has 3 heteroatoms. The van der Waals surface area contributed by atoms with Gasteiger partial charge in [-0.15, -0.1) is 0 Å². The van der Waals surface area contributed by atoms with Crippen LogP contribution >= 0.6 is 22.6 Å². The molecule has 0 nitrogen and oxygen atoms in total. The van der Waals surface area contributed by atoms with Crippen molar-refractivity contribution in [3.8, 4) is 0 Å². The minimum atomic E-state index is -0.513. The van der Waals surface area contributed by atoms with Crippen LogP contribution in [0.1, 0.15) is 25.3 Å². The van der Waals surface area contributed by atoms with Crippen molar-refractivity contribution < 1.29 is 8.78 Å². The van der Waals surface area contributed by atoms with Crippen molar-refractivity contribution in [2.75, 3.05) is 0 Å². The van der Waals surface area contributed by atoms with Gasteiger partial charge < -0.3 is 0 Å². The van der Waals surface area contributed by atoms with Crippen LogP contribution in [-0.2, 0) is 0 Å². The minimum absolute atomic E-state index is 0.0949. The molecule has 0 bridgehead atoms. The summed E-state index contributed by atoms with van der Waals surface area (Å²) in [5.74, 6) is -0.867. The molecule has 0 aliphatic carbocycles. The highest BCUT2D eigenvalue weighted by atomic mass is 127. The third-order valence-corrected chi connectivity index (χ3v) is 2.51. The highest BCUT2D eigenvalue weighted by Crippen LogP contribution is 2.25. The summed E-state index contributed by atoms with van der Waals surface area (Å²) in [5.41, 5.74) is 0.594. The number of halogens is 3. The van der Waals surface area contributed by atoms with Gasteiger partial charge in [-0.2, -0.15) is 0 Å². The van der Waals surface area contributed by atoms with Crippen LogP contribution in [0.3, 0.4) is 0 Å². The van der Waals surface area contributed by atoms with Gasteiger partial charge in [0.25, 0.3) is 0 Å². The molecule has 0 saturated carbocycles. The van der Waals surface area contributed by atoms with Crippen molar-refractivity contribution in [3.05, 3.63) is 32.9 Å². The van der Waals surface area contributed by atoms with Crippen LogP contribution in [0.15, 0.2) is 12.1 Å². The summed E-state index contributed by atoms with van der Waals surface area (Å²) in [6.45, 7) is 3.77. The first-order valence-electron chi connectivity index (χ1n) is 3.67. The summed E-state index contributed by atoms with van der Waals surface area (Å²) in [6.07, 6.45) is 0. The number of hydrogen-bond donors (Lipinski definition) is 0. The zero-order valence-electron chi connectivity index (χ0n) is 6.87. The molecule has 0 aromatic heterocycles. The predicted octanol–water partition coefficient (Wildman–Crippen LogP) is 3.69. The van der Waals surface area contributed by atoms with Gasteiger partial charge in [0.15, 0.2) is 0 Å². The zero-order chi connectivity index (χ0) is 9.30. The molecule has 1 aromatic rings. The second kappa shape index (κ2) is 3.68. The third kappa shape index (κ3) is 1.94. The fourth-order valence-electron chi connectivity index (χ4n) is 1.10. The SMILES string of the molecule is CC(C)c1c(F)cc(F)cc1I. The Morgan fingerprint density at radius 2 is 1.83 bits per heavy atom. The van der Waals surface area contributed by atoms with E-state index in [-0.39, 0.29) is 5.92 Å². The van der Waals surface area contributed by atoms with Crippen LogP contribution in [0, 0.1) is 15.2 Å². The van der Waals surface area contributed by atoms with E-state index in [0.29, 0.717) is 9.13 Å². The Morgan fingerprint density at radius 3 is 2.25 bits per heavy atom. The van der Waals surface area contributed by atoms with Gasteiger partial charge >= 0.3 is 0 Å². The molecule has 0 spiro atoms. The highest BCUT2D eigenvalue weighted by Gasteiger charge is 2.11. The average Bonchev–Trinajstić information content (AvgIpc) is 1.82. The first kappa shape index (κ1) is 9.89. The molecule has 0 saturated heterocycles. The normalized spacial score (nSPS) is 10.8. The number of hydrogen-bond acceptors (Lipinski definition) is 0. The van der Waals surface area contributed by atoms with Crippen LogP contribution < -0.4 is 0 Å². The van der Waals surface area contributed by atoms with Gasteiger partial charge in [0.2, 0.25) is 0 Å². The van der Waals surface area contributed by atoms with E-state index in [9.17, 15) is 8.78 Å². The van der Waals surface area contributed by atoms with E-state index in [4.69, 9.17) is 0 Å². The first-order valence-corrected chi connectivity index (χ1v) is 4.74. The van der Waals surface area contributed by atoms with E-state index in [1.807, 2.05) is 36.4 Å².